The monoisotopic (exact) mass is 671 g/mol. The predicted octanol–water partition coefficient (Wildman–Crippen LogP) is 3.70. The highest BCUT2D eigenvalue weighted by atomic mass is 19.3. The molecule has 0 unspecified atom stereocenters. The average molecular weight is 672 g/mol. The van der Waals surface area contributed by atoms with Crippen molar-refractivity contribution in [3.05, 3.63) is 78.4 Å². The first-order valence-electron chi connectivity index (χ1n) is 16.5. The third-order valence-electron chi connectivity index (χ3n) is 9.12. The number of rotatable bonds is 10. The number of fused-ring (bicyclic) bond motifs is 1. The van der Waals surface area contributed by atoms with Crippen molar-refractivity contribution in [2.45, 2.75) is 31.4 Å². The maximum absolute atomic E-state index is 13.2. The Morgan fingerprint density at radius 3 is 2.59 bits per heavy atom. The summed E-state index contributed by atoms with van der Waals surface area (Å²) in [5, 5.41) is 6.91. The molecule has 3 aromatic heterocycles. The van der Waals surface area contributed by atoms with Gasteiger partial charge in [-0.2, -0.15) is 0 Å². The first-order chi connectivity index (χ1) is 23.7. The fourth-order valence-corrected chi connectivity index (χ4v) is 6.66. The number of carbonyl (C=O) groups excluding carboxylic acids is 2. The largest absolute Gasteiger partial charge is 0.378 e. The zero-order chi connectivity index (χ0) is 34.0. The molecule has 3 fully saturated rings. The molecule has 1 atom stereocenters. The lowest BCUT2D eigenvalue weighted by molar-refractivity contribution is -0.131. The van der Waals surface area contributed by atoms with Crippen LogP contribution in [0, 0.1) is 0 Å². The number of carbonyl (C=O) groups is 2. The van der Waals surface area contributed by atoms with E-state index in [1.165, 1.54) is 4.90 Å². The maximum Gasteiger partial charge on any atom is 0.274 e. The van der Waals surface area contributed by atoms with E-state index in [0.717, 1.165) is 66.1 Å². The van der Waals surface area contributed by atoms with Crippen LogP contribution in [0.2, 0.25) is 0 Å². The number of alkyl halides is 2. The van der Waals surface area contributed by atoms with Gasteiger partial charge in [0.05, 0.1) is 31.7 Å². The Bertz CT molecular complexity index is 1830. The highest BCUT2D eigenvalue weighted by molar-refractivity contribution is 6.03. The molecule has 0 bridgehead atoms. The number of aromatic amines is 1. The number of aromatic nitrogens is 4. The predicted molar refractivity (Wildman–Crippen MR) is 182 cm³/mol. The van der Waals surface area contributed by atoms with Crippen molar-refractivity contribution in [1.29, 1.82) is 0 Å². The van der Waals surface area contributed by atoms with Crippen LogP contribution in [0.15, 0.2) is 67.1 Å². The number of nitrogens with zero attached hydrogens (tertiary/aromatic N) is 6. The topological polar surface area (TPSA) is 132 Å². The molecule has 7 rings (SSSR count). The summed E-state index contributed by atoms with van der Waals surface area (Å²) in [6.45, 7) is 8.25. The van der Waals surface area contributed by atoms with Crippen molar-refractivity contribution in [1.82, 2.24) is 35.1 Å². The third-order valence-corrected chi connectivity index (χ3v) is 9.12. The Morgan fingerprint density at radius 2 is 1.82 bits per heavy atom. The SMILES string of the molecule is C=C(CN1CC(F)(F)C1)C(=O)N[C@@H]1CCCN(Cc2ccnc(C(=O)Nc3ccc(-c4cc5c(N6CCOCC6)ncnc5[nH]4)cc3)c2)C1. The molecular formula is C35H39F2N9O3. The van der Waals surface area contributed by atoms with Crippen LogP contribution < -0.4 is 15.5 Å². The summed E-state index contributed by atoms with van der Waals surface area (Å²) in [5.41, 5.74) is 4.79. The van der Waals surface area contributed by atoms with E-state index in [1.54, 1.807) is 18.6 Å². The van der Waals surface area contributed by atoms with E-state index in [2.05, 4.69) is 53.0 Å². The number of ether oxygens (including phenoxy) is 1. The smallest absolute Gasteiger partial charge is 0.274 e. The summed E-state index contributed by atoms with van der Waals surface area (Å²) < 4.78 is 31.8. The Labute approximate surface area is 282 Å². The molecule has 0 radical (unpaired) electrons. The van der Waals surface area contributed by atoms with Crippen LogP contribution in [0.4, 0.5) is 20.3 Å². The molecule has 6 heterocycles. The van der Waals surface area contributed by atoms with Crippen molar-refractivity contribution in [3.63, 3.8) is 0 Å². The maximum atomic E-state index is 13.2. The fraction of sp³-hybridized carbons (Fsp3) is 0.400. The molecule has 3 aliphatic rings. The summed E-state index contributed by atoms with van der Waals surface area (Å²) in [5.74, 6) is -2.40. The lowest BCUT2D eigenvalue weighted by atomic mass is 10.0. The minimum absolute atomic E-state index is 0.0764. The van der Waals surface area contributed by atoms with Gasteiger partial charge in [-0.05, 0) is 60.8 Å². The summed E-state index contributed by atoms with van der Waals surface area (Å²) >= 11 is 0. The molecular weight excluding hydrogens is 632 g/mol. The zero-order valence-corrected chi connectivity index (χ0v) is 27.1. The fourth-order valence-electron chi connectivity index (χ4n) is 6.66. The van der Waals surface area contributed by atoms with E-state index >= 15 is 0 Å². The van der Waals surface area contributed by atoms with Gasteiger partial charge in [0.25, 0.3) is 11.8 Å². The molecule has 3 N–H and O–H groups in total. The van der Waals surface area contributed by atoms with Crippen molar-refractivity contribution in [2.24, 2.45) is 0 Å². The Balaban J connectivity index is 0.930. The summed E-state index contributed by atoms with van der Waals surface area (Å²) in [4.78, 5) is 48.4. The lowest BCUT2D eigenvalue weighted by Crippen LogP contribution is -2.57. The van der Waals surface area contributed by atoms with Gasteiger partial charge < -0.3 is 25.3 Å². The summed E-state index contributed by atoms with van der Waals surface area (Å²) in [6, 6.07) is 13.2. The molecule has 0 saturated carbocycles. The van der Waals surface area contributed by atoms with Gasteiger partial charge in [0.2, 0.25) is 5.91 Å². The zero-order valence-electron chi connectivity index (χ0n) is 27.1. The van der Waals surface area contributed by atoms with Crippen LogP contribution in [0.3, 0.4) is 0 Å². The summed E-state index contributed by atoms with van der Waals surface area (Å²) in [7, 11) is 0. The van der Waals surface area contributed by atoms with Gasteiger partial charge in [-0.1, -0.05) is 18.7 Å². The highest BCUT2D eigenvalue weighted by Crippen LogP contribution is 2.30. The molecule has 12 nitrogen and oxygen atoms in total. The van der Waals surface area contributed by atoms with Crippen LogP contribution in [0.25, 0.3) is 22.3 Å². The number of hydrogen-bond donors (Lipinski definition) is 3. The quantitative estimate of drug-likeness (QED) is 0.216. The van der Waals surface area contributed by atoms with Crippen LogP contribution >= 0.6 is 0 Å². The molecule has 4 aromatic rings. The molecule has 0 aliphatic carbocycles. The van der Waals surface area contributed by atoms with Gasteiger partial charge in [0.1, 0.15) is 23.5 Å². The number of pyridine rings is 1. The Hall–Kier alpha value is -4.79. The number of likely N-dealkylation sites (tertiary alicyclic amines) is 2. The molecule has 49 heavy (non-hydrogen) atoms. The van der Waals surface area contributed by atoms with E-state index in [1.807, 2.05) is 30.3 Å². The standard InChI is InChI=1S/C35H39F2N9O3/c1-23(17-45-20-35(36,37)21-45)33(47)42-27-3-2-10-44(19-27)18-24-8-9-38-30(15-24)34(48)41-26-6-4-25(5-7-26)29-16-28-31(43-29)39-22-40-32(28)46-11-13-49-14-12-46/h4-9,15-16,22,27H,1-3,10-14,17-21H2,(H,41,48)(H,42,47)(H,39,40,43)/t27-/m1/s1. The number of morpholine rings is 1. The molecule has 3 saturated heterocycles. The first-order valence-corrected chi connectivity index (χ1v) is 16.5. The van der Waals surface area contributed by atoms with Gasteiger partial charge in [0.15, 0.2) is 0 Å². The number of halogens is 2. The molecule has 1 aromatic carbocycles. The molecule has 0 spiro atoms. The van der Waals surface area contributed by atoms with E-state index in [4.69, 9.17) is 4.74 Å². The second-order valence-electron chi connectivity index (χ2n) is 13.0. The van der Waals surface area contributed by atoms with Gasteiger partial charge in [-0.25, -0.2) is 18.7 Å². The minimum Gasteiger partial charge on any atom is -0.378 e. The van der Waals surface area contributed by atoms with Crippen LogP contribution in [0.5, 0.6) is 0 Å². The Kier molecular flexibility index (Phi) is 9.34. The van der Waals surface area contributed by atoms with Crippen molar-refractivity contribution in [2.75, 3.05) is 69.2 Å². The molecule has 3 aliphatic heterocycles. The number of H-pyrrole nitrogens is 1. The van der Waals surface area contributed by atoms with E-state index in [-0.39, 0.29) is 43.1 Å². The number of nitrogens with one attached hydrogen (secondary N) is 3. The van der Waals surface area contributed by atoms with Crippen molar-refractivity contribution in [3.8, 4) is 11.3 Å². The van der Waals surface area contributed by atoms with Gasteiger partial charge in [0, 0.05) is 61.9 Å². The van der Waals surface area contributed by atoms with E-state index in [9.17, 15) is 18.4 Å². The lowest BCUT2D eigenvalue weighted by Gasteiger charge is -2.39. The second-order valence-corrected chi connectivity index (χ2v) is 13.0. The summed E-state index contributed by atoms with van der Waals surface area (Å²) in [6.07, 6.45) is 4.92. The van der Waals surface area contributed by atoms with Crippen LogP contribution in [-0.4, -0.2) is 113 Å². The van der Waals surface area contributed by atoms with Crippen molar-refractivity contribution < 1.29 is 23.1 Å². The molecule has 2 amide bonds. The highest BCUT2D eigenvalue weighted by Gasteiger charge is 2.44. The second kappa shape index (κ2) is 14.0. The van der Waals surface area contributed by atoms with Crippen LogP contribution in [0.1, 0.15) is 28.9 Å². The van der Waals surface area contributed by atoms with E-state index in [0.29, 0.717) is 37.7 Å². The number of amides is 2. The van der Waals surface area contributed by atoms with Gasteiger partial charge in [-0.3, -0.25) is 24.4 Å². The first kappa shape index (κ1) is 32.7. The average Bonchev–Trinajstić information content (AvgIpc) is 3.53. The van der Waals surface area contributed by atoms with Crippen molar-refractivity contribution >= 4 is 34.4 Å². The van der Waals surface area contributed by atoms with Gasteiger partial charge >= 0.3 is 0 Å². The molecule has 256 valence electrons. The third kappa shape index (κ3) is 7.77. The van der Waals surface area contributed by atoms with E-state index < -0.39 is 5.92 Å². The van der Waals surface area contributed by atoms with Gasteiger partial charge in [-0.15, -0.1) is 0 Å². The number of anilines is 2. The molecule has 14 heteroatoms. The number of benzene rings is 1. The number of piperidine rings is 1. The normalized spacial score (nSPS) is 19.7. The minimum atomic E-state index is -2.68. The van der Waals surface area contributed by atoms with Crippen LogP contribution in [-0.2, 0) is 16.1 Å². The number of hydrogen-bond acceptors (Lipinski definition) is 9. The Morgan fingerprint density at radius 1 is 1.02 bits per heavy atom.